The normalized spacial score (nSPS) is 12.0. The highest BCUT2D eigenvalue weighted by atomic mass is 35.5. The maximum atomic E-state index is 13.9. The molecule has 0 saturated carbocycles. The highest BCUT2D eigenvalue weighted by Crippen LogP contribution is 2.45. The maximum Gasteiger partial charge on any atom is 0.259 e. The number of nitrogens with one attached hydrogen (secondary N) is 2. The van der Waals surface area contributed by atoms with Crippen LogP contribution in [0.15, 0.2) is 166 Å². The summed E-state index contributed by atoms with van der Waals surface area (Å²) in [7, 11) is 0. The van der Waals surface area contributed by atoms with Crippen LogP contribution in [0.1, 0.15) is 26.3 Å². The lowest BCUT2D eigenvalue weighted by Gasteiger charge is -2.13. The van der Waals surface area contributed by atoms with Crippen molar-refractivity contribution in [2.24, 2.45) is 20.5 Å². The summed E-state index contributed by atoms with van der Waals surface area (Å²) in [6, 6.07) is 42.3. The number of aromatic hydroxyl groups is 2. The van der Waals surface area contributed by atoms with Gasteiger partial charge in [-0.2, -0.15) is 10.2 Å². The molecule has 0 bridgehead atoms. The van der Waals surface area contributed by atoms with Crippen LogP contribution in [0.25, 0.3) is 32.7 Å². The smallest absolute Gasteiger partial charge is 0.259 e. The molecule has 9 rings (SSSR count). The van der Waals surface area contributed by atoms with Gasteiger partial charge < -0.3 is 25.6 Å². The first kappa shape index (κ1) is 37.9. The number of phenolic OH excluding ortho intramolecular Hbond substituents is 2. The Morgan fingerprint density at radius 3 is 1.68 bits per heavy atom. The van der Waals surface area contributed by atoms with Crippen molar-refractivity contribution in [3.05, 3.63) is 172 Å². The van der Waals surface area contributed by atoms with Gasteiger partial charge in [-0.15, -0.1) is 10.2 Å². The van der Waals surface area contributed by atoms with Crippen LogP contribution in [0.2, 0.25) is 10.0 Å². The molecule has 0 fully saturated rings. The molecule has 1 aliphatic carbocycles. The molecule has 1 aliphatic rings. The third-order valence-electron chi connectivity index (χ3n) is 10.0. The third kappa shape index (κ3) is 7.23. The number of ketones is 1. The Balaban J connectivity index is 0.971. The van der Waals surface area contributed by atoms with Crippen LogP contribution in [-0.2, 0) is 0 Å². The number of carbonyl (C=O) groups is 2. The van der Waals surface area contributed by atoms with Gasteiger partial charge in [-0.1, -0.05) is 108 Å². The lowest BCUT2D eigenvalue weighted by Crippen LogP contribution is -2.12. The second-order valence-corrected chi connectivity index (χ2v) is 14.5. The Hall–Kier alpha value is -7.60. The first-order valence-electron chi connectivity index (χ1n) is 18.6. The summed E-state index contributed by atoms with van der Waals surface area (Å²) >= 11 is 12.5. The van der Waals surface area contributed by atoms with E-state index in [4.69, 9.17) is 27.9 Å². The molecule has 13 heteroatoms. The van der Waals surface area contributed by atoms with Crippen LogP contribution in [0, 0.1) is 0 Å². The van der Waals surface area contributed by atoms with E-state index in [9.17, 15) is 19.8 Å². The first-order chi connectivity index (χ1) is 29.2. The molecule has 0 unspecified atom stereocenters. The average Bonchev–Trinajstić information content (AvgIpc) is 3.54. The van der Waals surface area contributed by atoms with E-state index < -0.39 is 5.91 Å². The number of benzene rings is 8. The van der Waals surface area contributed by atoms with E-state index in [-0.39, 0.29) is 46.7 Å². The van der Waals surface area contributed by atoms with Gasteiger partial charge in [-0.25, -0.2) is 0 Å². The van der Waals surface area contributed by atoms with Crippen molar-refractivity contribution in [2.45, 2.75) is 0 Å². The van der Waals surface area contributed by atoms with Crippen molar-refractivity contribution in [2.75, 3.05) is 17.4 Å². The summed E-state index contributed by atoms with van der Waals surface area (Å²) in [4.78, 5) is 27.2. The summed E-state index contributed by atoms with van der Waals surface area (Å²) in [5, 5.41) is 49.7. The summed E-state index contributed by atoms with van der Waals surface area (Å²) in [5.41, 5.74) is 4.37. The second-order valence-electron chi connectivity index (χ2n) is 13.7. The molecule has 60 heavy (non-hydrogen) atoms. The highest BCUT2D eigenvalue weighted by molar-refractivity contribution is 6.34. The second kappa shape index (κ2) is 16.0. The number of hydrogen-bond acceptors (Lipinski definition) is 10. The Morgan fingerprint density at radius 1 is 0.567 bits per heavy atom. The van der Waals surface area contributed by atoms with E-state index >= 15 is 0 Å². The molecule has 292 valence electrons. The van der Waals surface area contributed by atoms with Crippen LogP contribution < -0.4 is 15.4 Å². The van der Waals surface area contributed by atoms with Crippen molar-refractivity contribution >= 4 is 90.6 Å². The standard InChI is InChI=1S/C47H30Cl2N6O5/c48-37-13-5-7-15-39(37)50-25-60-41-22-27-10-2-4-12-31(27)43(46(41)58)55-53-29-18-20-33-32-19-17-28(23-34(32)44(56)35(33)24-29)52-54-42-30-11-3-1-9-26(30)21-36(45(42)57)47(59)51-40-16-8-6-14-38(40)49/h1-24,50,57-58H,25H2,(H,51,59). The van der Waals surface area contributed by atoms with Crippen LogP contribution in [0.5, 0.6) is 17.2 Å². The molecule has 8 aromatic carbocycles. The number of rotatable bonds is 10. The zero-order chi connectivity index (χ0) is 41.3. The Morgan fingerprint density at radius 2 is 1.08 bits per heavy atom. The van der Waals surface area contributed by atoms with Crippen LogP contribution in [0.4, 0.5) is 34.1 Å². The topological polar surface area (TPSA) is 157 Å². The van der Waals surface area contributed by atoms with Crippen molar-refractivity contribution in [1.29, 1.82) is 0 Å². The number of halogens is 2. The molecule has 1 amide bonds. The molecule has 0 atom stereocenters. The molecule has 11 nitrogen and oxygen atoms in total. The fourth-order valence-electron chi connectivity index (χ4n) is 7.04. The highest BCUT2D eigenvalue weighted by Gasteiger charge is 2.28. The molecule has 0 spiro atoms. The Kier molecular flexibility index (Phi) is 10.1. The molecule has 0 aromatic heterocycles. The molecule has 0 heterocycles. The van der Waals surface area contributed by atoms with Crippen molar-refractivity contribution in [3.8, 4) is 28.4 Å². The van der Waals surface area contributed by atoms with E-state index in [1.54, 1.807) is 97.1 Å². The maximum absolute atomic E-state index is 13.9. The largest absolute Gasteiger partial charge is 0.505 e. The molecule has 0 saturated heterocycles. The molecular formula is C47H30Cl2N6O5. The van der Waals surface area contributed by atoms with Gasteiger partial charge in [0.15, 0.2) is 29.8 Å². The number of para-hydroxylation sites is 2. The van der Waals surface area contributed by atoms with E-state index in [1.807, 2.05) is 48.5 Å². The first-order valence-corrected chi connectivity index (χ1v) is 19.3. The van der Waals surface area contributed by atoms with Crippen molar-refractivity contribution < 1.29 is 24.5 Å². The van der Waals surface area contributed by atoms with Crippen LogP contribution >= 0.6 is 23.2 Å². The summed E-state index contributed by atoms with van der Waals surface area (Å²) < 4.78 is 5.91. The number of phenols is 2. The summed E-state index contributed by atoms with van der Waals surface area (Å²) in [5.74, 6) is -1.17. The minimum Gasteiger partial charge on any atom is -0.505 e. The Bertz CT molecular complexity index is 3120. The SMILES string of the molecule is O=C1c2cc(N=Nc3c(O)c(OCNc4ccccc4Cl)cc4ccccc34)ccc2-c2ccc(N=Nc3c(O)c(C(=O)Nc4ccccc4Cl)cc4ccccc34)cc21. The monoisotopic (exact) mass is 828 g/mol. The fraction of sp³-hybridized carbons (Fsp3) is 0.0213. The zero-order valence-corrected chi connectivity index (χ0v) is 32.7. The van der Waals surface area contributed by atoms with Gasteiger partial charge in [0.2, 0.25) is 0 Å². The lowest BCUT2D eigenvalue weighted by molar-refractivity contribution is 0.102. The summed E-state index contributed by atoms with van der Waals surface area (Å²) in [6.07, 6.45) is 0. The van der Waals surface area contributed by atoms with Gasteiger partial charge in [0.25, 0.3) is 5.91 Å². The van der Waals surface area contributed by atoms with Gasteiger partial charge in [-0.05, 0) is 82.6 Å². The number of anilines is 2. The van der Waals surface area contributed by atoms with E-state index in [0.29, 0.717) is 71.2 Å². The lowest BCUT2D eigenvalue weighted by atomic mass is 10.0. The van der Waals surface area contributed by atoms with E-state index in [2.05, 4.69) is 31.1 Å². The fourth-order valence-corrected chi connectivity index (χ4v) is 7.42. The molecule has 0 aliphatic heterocycles. The number of nitrogens with zero attached hydrogens (tertiary/aromatic N) is 4. The molecular weight excluding hydrogens is 799 g/mol. The molecule has 0 radical (unpaired) electrons. The predicted octanol–water partition coefficient (Wildman–Crippen LogP) is 13.5. The predicted molar refractivity (Wildman–Crippen MR) is 235 cm³/mol. The van der Waals surface area contributed by atoms with E-state index in [0.717, 1.165) is 5.39 Å². The van der Waals surface area contributed by atoms with E-state index in [1.165, 1.54) is 0 Å². The number of amides is 1. The number of fused-ring (bicyclic) bond motifs is 5. The van der Waals surface area contributed by atoms with Gasteiger partial charge in [-0.3, -0.25) is 9.59 Å². The minimum atomic E-state index is -0.575. The van der Waals surface area contributed by atoms with Crippen LogP contribution in [-0.4, -0.2) is 28.6 Å². The van der Waals surface area contributed by atoms with Gasteiger partial charge in [0.1, 0.15) is 11.4 Å². The number of hydrogen-bond donors (Lipinski definition) is 4. The number of carbonyl (C=O) groups excluding carboxylic acids is 2. The van der Waals surface area contributed by atoms with Crippen molar-refractivity contribution in [1.82, 2.24) is 0 Å². The number of azo groups is 2. The van der Waals surface area contributed by atoms with Gasteiger partial charge in [0, 0.05) is 21.9 Å². The third-order valence-corrected chi connectivity index (χ3v) is 10.7. The van der Waals surface area contributed by atoms with Crippen LogP contribution in [0.3, 0.4) is 0 Å². The van der Waals surface area contributed by atoms with Gasteiger partial charge >= 0.3 is 0 Å². The molecule has 4 N–H and O–H groups in total. The zero-order valence-electron chi connectivity index (χ0n) is 31.2. The molecule has 8 aromatic rings. The van der Waals surface area contributed by atoms with Crippen molar-refractivity contribution in [3.63, 3.8) is 0 Å². The minimum absolute atomic E-state index is 0.0126. The van der Waals surface area contributed by atoms with Gasteiger partial charge in [0.05, 0.1) is 38.4 Å². The number of ether oxygens (including phenoxy) is 1. The Labute approximate surface area is 352 Å². The quantitative estimate of drug-likeness (QED) is 0.0794. The average molecular weight is 830 g/mol. The summed E-state index contributed by atoms with van der Waals surface area (Å²) in [6.45, 7) is 0.0271.